The monoisotopic (exact) mass is 358 g/mol. The Morgan fingerprint density at radius 2 is 1.73 bits per heavy atom. The Hall–Kier alpha value is -3.06. The van der Waals surface area contributed by atoms with Gasteiger partial charge >= 0.3 is 5.97 Å². The second-order valence-electron chi connectivity index (χ2n) is 5.25. The lowest BCUT2D eigenvalue weighted by Crippen LogP contribution is -2.22. The Morgan fingerprint density at radius 3 is 2.46 bits per heavy atom. The van der Waals surface area contributed by atoms with Gasteiger partial charge in [0.05, 0.1) is 24.5 Å². The molecule has 3 N–H and O–H groups in total. The van der Waals surface area contributed by atoms with Gasteiger partial charge in [0, 0.05) is 12.2 Å². The van der Waals surface area contributed by atoms with Gasteiger partial charge in [0.25, 0.3) is 5.91 Å². The number of hydrogen-bond donors (Lipinski definition) is 3. The number of carbonyl (C=O) groups is 2. The SMILES string of the molecule is CCOc1ccccc1NC(=O)COC(=O)c1ccccc1NCCO. The van der Waals surface area contributed by atoms with E-state index in [0.29, 0.717) is 35.8 Å². The molecule has 2 rings (SSSR count). The van der Waals surface area contributed by atoms with E-state index in [1.54, 1.807) is 48.5 Å². The predicted octanol–water partition coefficient (Wildman–Crippen LogP) is 2.29. The molecule has 2 aromatic carbocycles. The van der Waals surface area contributed by atoms with E-state index in [1.807, 2.05) is 6.92 Å². The van der Waals surface area contributed by atoms with Gasteiger partial charge in [-0.25, -0.2) is 4.79 Å². The van der Waals surface area contributed by atoms with Gasteiger partial charge in [0.2, 0.25) is 0 Å². The number of rotatable bonds is 9. The van der Waals surface area contributed by atoms with Crippen LogP contribution < -0.4 is 15.4 Å². The van der Waals surface area contributed by atoms with Crippen LogP contribution in [0.2, 0.25) is 0 Å². The first-order chi connectivity index (χ1) is 12.7. The maximum Gasteiger partial charge on any atom is 0.340 e. The number of anilines is 2. The summed E-state index contributed by atoms with van der Waals surface area (Å²) in [6.45, 7) is 2.14. The van der Waals surface area contributed by atoms with Crippen LogP contribution in [0.3, 0.4) is 0 Å². The Balaban J connectivity index is 1.94. The molecule has 0 atom stereocenters. The summed E-state index contributed by atoms with van der Waals surface area (Å²) in [5.41, 5.74) is 1.34. The van der Waals surface area contributed by atoms with Gasteiger partial charge in [-0.3, -0.25) is 4.79 Å². The number of nitrogens with one attached hydrogen (secondary N) is 2. The summed E-state index contributed by atoms with van der Waals surface area (Å²) < 4.78 is 10.5. The number of aliphatic hydroxyl groups is 1. The van der Waals surface area contributed by atoms with Gasteiger partial charge in [0.15, 0.2) is 6.61 Å². The number of benzene rings is 2. The zero-order valence-electron chi connectivity index (χ0n) is 14.5. The van der Waals surface area contributed by atoms with Gasteiger partial charge < -0.3 is 25.2 Å². The highest BCUT2D eigenvalue weighted by Gasteiger charge is 2.15. The second kappa shape index (κ2) is 10.0. The van der Waals surface area contributed by atoms with Gasteiger partial charge in [0.1, 0.15) is 5.75 Å². The van der Waals surface area contributed by atoms with E-state index in [9.17, 15) is 9.59 Å². The van der Waals surface area contributed by atoms with Crippen LogP contribution in [0.15, 0.2) is 48.5 Å². The molecule has 1 amide bonds. The molecule has 26 heavy (non-hydrogen) atoms. The number of aliphatic hydroxyl groups excluding tert-OH is 1. The van der Waals surface area contributed by atoms with Gasteiger partial charge in [-0.1, -0.05) is 24.3 Å². The van der Waals surface area contributed by atoms with E-state index in [1.165, 1.54) is 0 Å². The fourth-order valence-corrected chi connectivity index (χ4v) is 2.25. The second-order valence-corrected chi connectivity index (χ2v) is 5.25. The van der Waals surface area contributed by atoms with Crippen molar-refractivity contribution in [1.82, 2.24) is 0 Å². The van der Waals surface area contributed by atoms with Crippen molar-refractivity contribution >= 4 is 23.3 Å². The minimum Gasteiger partial charge on any atom is -0.492 e. The topological polar surface area (TPSA) is 96.9 Å². The molecule has 0 aromatic heterocycles. The lowest BCUT2D eigenvalue weighted by atomic mass is 10.2. The van der Waals surface area contributed by atoms with Crippen molar-refractivity contribution in [3.8, 4) is 5.75 Å². The molecule has 0 fully saturated rings. The number of hydrogen-bond acceptors (Lipinski definition) is 6. The van der Waals surface area contributed by atoms with Gasteiger partial charge in [-0.05, 0) is 31.2 Å². The van der Waals surface area contributed by atoms with E-state index in [4.69, 9.17) is 14.6 Å². The standard InChI is InChI=1S/C19H22N2O5/c1-2-25-17-10-6-5-9-16(17)21-18(23)13-26-19(24)14-7-3-4-8-15(14)20-11-12-22/h3-10,20,22H,2,11-13H2,1H3,(H,21,23). The molecule has 2 aromatic rings. The summed E-state index contributed by atoms with van der Waals surface area (Å²) in [4.78, 5) is 24.3. The molecule has 0 bridgehead atoms. The Bertz CT molecular complexity index is 748. The molecule has 0 saturated heterocycles. The van der Waals surface area contributed by atoms with Crippen molar-refractivity contribution < 1.29 is 24.2 Å². The number of ether oxygens (including phenoxy) is 2. The third-order valence-electron chi connectivity index (χ3n) is 3.37. The number of para-hydroxylation sites is 3. The van der Waals surface area contributed by atoms with E-state index in [2.05, 4.69) is 10.6 Å². The van der Waals surface area contributed by atoms with Crippen molar-refractivity contribution in [2.24, 2.45) is 0 Å². The Kier molecular flexibility index (Phi) is 7.45. The quantitative estimate of drug-likeness (QED) is 0.595. The van der Waals surface area contributed by atoms with E-state index < -0.39 is 18.5 Å². The van der Waals surface area contributed by atoms with Crippen molar-refractivity contribution in [3.05, 3.63) is 54.1 Å². The summed E-state index contributed by atoms with van der Waals surface area (Å²) in [7, 11) is 0. The molecular formula is C19H22N2O5. The average Bonchev–Trinajstić information content (AvgIpc) is 2.66. The smallest absolute Gasteiger partial charge is 0.340 e. The molecular weight excluding hydrogens is 336 g/mol. The van der Waals surface area contributed by atoms with Gasteiger partial charge in [-0.2, -0.15) is 0 Å². The summed E-state index contributed by atoms with van der Waals surface area (Å²) in [5, 5.41) is 14.5. The summed E-state index contributed by atoms with van der Waals surface area (Å²) in [6.07, 6.45) is 0. The van der Waals surface area contributed by atoms with E-state index in [0.717, 1.165) is 0 Å². The number of esters is 1. The molecule has 0 aliphatic heterocycles. The largest absolute Gasteiger partial charge is 0.492 e. The highest BCUT2D eigenvalue weighted by molar-refractivity contribution is 5.98. The fourth-order valence-electron chi connectivity index (χ4n) is 2.25. The number of amides is 1. The van der Waals surface area contributed by atoms with Crippen molar-refractivity contribution in [2.45, 2.75) is 6.92 Å². The lowest BCUT2D eigenvalue weighted by Gasteiger charge is -2.12. The van der Waals surface area contributed by atoms with Crippen LogP contribution in [0, 0.1) is 0 Å². The third-order valence-corrected chi connectivity index (χ3v) is 3.37. The molecule has 0 unspecified atom stereocenters. The van der Waals surface area contributed by atoms with Crippen molar-refractivity contribution in [3.63, 3.8) is 0 Å². The van der Waals surface area contributed by atoms with Crippen LogP contribution in [-0.2, 0) is 9.53 Å². The molecule has 0 heterocycles. The van der Waals surface area contributed by atoms with Gasteiger partial charge in [-0.15, -0.1) is 0 Å². The van der Waals surface area contributed by atoms with Crippen LogP contribution in [0.1, 0.15) is 17.3 Å². The molecule has 0 aliphatic carbocycles. The minimum atomic E-state index is -0.626. The molecule has 0 radical (unpaired) electrons. The van der Waals surface area contributed by atoms with E-state index in [-0.39, 0.29) is 6.61 Å². The Labute approximate surface area is 151 Å². The van der Waals surface area contributed by atoms with Crippen LogP contribution in [0.5, 0.6) is 5.75 Å². The van der Waals surface area contributed by atoms with Crippen LogP contribution >= 0.6 is 0 Å². The van der Waals surface area contributed by atoms with Crippen LogP contribution in [-0.4, -0.2) is 43.3 Å². The van der Waals surface area contributed by atoms with Crippen molar-refractivity contribution in [1.29, 1.82) is 0 Å². The minimum absolute atomic E-state index is 0.0645. The third kappa shape index (κ3) is 5.49. The van der Waals surface area contributed by atoms with Crippen LogP contribution in [0.4, 0.5) is 11.4 Å². The zero-order chi connectivity index (χ0) is 18.8. The van der Waals surface area contributed by atoms with E-state index >= 15 is 0 Å². The molecule has 0 aliphatic rings. The zero-order valence-corrected chi connectivity index (χ0v) is 14.5. The first-order valence-electron chi connectivity index (χ1n) is 8.28. The summed E-state index contributed by atoms with van der Waals surface area (Å²) in [6, 6.07) is 13.8. The molecule has 7 heteroatoms. The molecule has 0 spiro atoms. The Morgan fingerprint density at radius 1 is 1.04 bits per heavy atom. The highest BCUT2D eigenvalue weighted by atomic mass is 16.5. The first kappa shape index (κ1) is 19.3. The molecule has 138 valence electrons. The normalized spacial score (nSPS) is 10.1. The average molecular weight is 358 g/mol. The maximum atomic E-state index is 12.2. The molecule has 0 saturated carbocycles. The number of carbonyl (C=O) groups excluding carboxylic acids is 2. The van der Waals surface area contributed by atoms with Crippen molar-refractivity contribution in [2.75, 3.05) is 37.0 Å². The van der Waals surface area contributed by atoms with Crippen LogP contribution in [0.25, 0.3) is 0 Å². The summed E-state index contributed by atoms with van der Waals surface area (Å²) in [5.74, 6) is -0.543. The summed E-state index contributed by atoms with van der Waals surface area (Å²) >= 11 is 0. The highest BCUT2D eigenvalue weighted by Crippen LogP contribution is 2.23. The molecule has 7 nitrogen and oxygen atoms in total. The first-order valence-corrected chi connectivity index (χ1v) is 8.28. The maximum absolute atomic E-state index is 12.2. The predicted molar refractivity (Wildman–Crippen MR) is 98.5 cm³/mol. The lowest BCUT2D eigenvalue weighted by molar-refractivity contribution is -0.119. The fraction of sp³-hybridized carbons (Fsp3) is 0.263.